The summed E-state index contributed by atoms with van der Waals surface area (Å²) in [6.45, 7) is 3.98. The Bertz CT molecular complexity index is 532. The smallest absolute Gasteiger partial charge is 0.132 e. The van der Waals surface area contributed by atoms with Crippen molar-refractivity contribution >= 4 is 0 Å². The molecule has 0 radical (unpaired) electrons. The maximum Gasteiger partial charge on any atom is 0.132 e. The zero-order valence-electron chi connectivity index (χ0n) is 10.2. The van der Waals surface area contributed by atoms with Crippen LogP contribution in [0, 0.1) is 13.8 Å². The molecule has 0 aliphatic rings. The van der Waals surface area contributed by atoms with Crippen molar-refractivity contribution in [3.05, 3.63) is 35.3 Å². The lowest BCUT2D eigenvalue weighted by molar-refractivity contribution is 0.272. The van der Waals surface area contributed by atoms with E-state index in [1.165, 1.54) is 0 Å². The Labute approximate surface area is 100 Å². The van der Waals surface area contributed by atoms with E-state index in [9.17, 15) is 0 Å². The van der Waals surface area contributed by atoms with Crippen LogP contribution in [-0.4, -0.2) is 22.2 Å². The number of hydrogen-bond donors (Lipinski definition) is 2. The average molecular weight is 232 g/mol. The molecular weight excluding hydrogens is 216 g/mol. The van der Waals surface area contributed by atoms with Crippen molar-refractivity contribution in [2.75, 3.05) is 7.11 Å². The van der Waals surface area contributed by atoms with Crippen LogP contribution in [0.2, 0.25) is 0 Å². The highest BCUT2D eigenvalue weighted by atomic mass is 16.5. The van der Waals surface area contributed by atoms with Crippen LogP contribution in [-0.2, 0) is 6.61 Å². The molecule has 4 nitrogen and oxygen atoms in total. The molecule has 4 heteroatoms. The van der Waals surface area contributed by atoms with Gasteiger partial charge in [-0.3, -0.25) is 0 Å². The van der Waals surface area contributed by atoms with Crippen molar-refractivity contribution in [2.45, 2.75) is 20.5 Å². The number of aromatic amines is 1. The minimum Gasteiger partial charge on any atom is -0.496 e. The predicted molar refractivity (Wildman–Crippen MR) is 66.0 cm³/mol. The summed E-state index contributed by atoms with van der Waals surface area (Å²) in [7, 11) is 1.65. The van der Waals surface area contributed by atoms with Crippen LogP contribution in [0.5, 0.6) is 5.75 Å². The molecular formula is C13H16N2O2. The third-order valence-corrected chi connectivity index (χ3v) is 2.71. The van der Waals surface area contributed by atoms with Gasteiger partial charge in [0.25, 0.3) is 0 Å². The number of nitrogens with zero attached hydrogens (tertiary/aromatic N) is 1. The lowest BCUT2D eigenvalue weighted by Crippen LogP contribution is -1.93. The summed E-state index contributed by atoms with van der Waals surface area (Å²) in [5, 5.41) is 9.01. The van der Waals surface area contributed by atoms with E-state index in [0.717, 1.165) is 28.1 Å². The standard InChI is InChI=1S/C13H16N2O2/c1-8-4-9(2)13(11(5-8)17-3)10-6-14-12(7-16)15-10/h4-6,16H,7H2,1-3H3,(H,14,15). The Hall–Kier alpha value is -1.81. The van der Waals surface area contributed by atoms with Crippen molar-refractivity contribution in [1.29, 1.82) is 0 Å². The molecule has 0 saturated carbocycles. The maximum absolute atomic E-state index is 9.01. The second kappa shape index (κ2) is 4.59. The van der Waals surface area contributed by atoms with E-state index in [-0.39, 0.29) is 6.61 Å². The van der Waals surface area contributed by atoms with Crippen LogP contribution < -0.4 is 4.74 Å². The van der Waals surface area contributed by atoms with Gasteiger partial charge in [0, 0.05) is 5.56 Å². The van der Waals surface area contributed by atoms with Gasteiger partial charge in [0.15, 0.2) is 0 Å². The topological polar surface area (TPSA) is 58.1 Å². The first kappa shape index (κ1) is 11.7. The fourth-order valence-electron chi connectivity index (χ4n) is 2.00. The molecule has 2 rings (SSSR count). The average Bonchev–Trinajstić information content (AvgIpc) is 2.76. The molecule has 1 heterocycles. The number of H-pyrrole nitrogens is 1. The number of aromatic nitrogens is 2. The molecule has 1 aromatic carbocycles. The second-order valence-electron chi connectivity index (χ2n) is 4.06. The number of rotatable bonds is 3. The van der Waals surface area contributed by atoms with Crippen LogP contribution in [0.15, 0.2) is 18.3 Å². The van der Waals surface area contributed by atoms with Crippen LogP contribution in [0.25, 0.3) is 11.3 Å². The highest BCUT2D eigenvalue weighted by Gasteiger charge is 2.12. The van der Waals surface area contributed by atoms with Crippen LogP contribution in [0.1, 0.15) is 17.0 Å². The minimum atomic E-state index is -0.0901. The van der Waals surface area contributed by atoms with E-state index in [2.05, 4.69) is 16.0 Å². The van der Waals surface area contributed by atoms with Gasteiger partial charge in [-0.15, -0.1) is 0 Å². The SMILES string of the molecule is COc1cc(C)cc(C)c1-c1cnc(CO)[nH]1. The molecule has 2 N–H and O–H groups in total. The number of aliphatic hydroxyl groups is 1. The van der Waals surface area contributed by atoms with Crippen molar-refractivity contribution in [1.82, 2.24) is 9.97 Å². The van der Waals surface area contributed by atoms with Crippen molar-refractivity contribution in [2.24, 2.45) is 0 Å². The minimum absolute atomic E-state index is 0.0901. The van der Waals surface area contributed by atoms with Gasteiger partial charge in [-0.25, -0.2) is 4.98 Å². The van der Waals surface area contributed by atoms with Crippen LogP contribution in [0.4, 0.5) is 0 Å². The molecule has 0 bridgehead atoms. The van der Waals surface area contributed by atoms with Gasteiger partial charge in [0.2, 0.25) is 0 Å². The summed E-state index contributed by atoms with van der Waals surface area (Å²) in [6, 6.07) is 4.08. The van der Waals surface area contributed by atoms with Gasteiger partial charge in [0.1, 0.15) is 18.2 Å². The Morgan fingerprint density at radius 2 is 2.12 bits per heavy atom. The maximum atomic E-state index is 9.01. The van der Waals surface area contributed by atoms with Gasteiger partial charge in [0.05, 0.1) is 19.0 Å². The fraction of sp³-hybridized carbons (Fsp3) is 0.308. The molecule has 0 amide bonds. The molecule has 90 valence electrons. The molecule has 0 unspecified atom stereocenters. The number of aliphatic hydroxyl groups excluding tert-OH is 1. The Balaban J connectivity index is 2.57. The molecule has 2 aromatic rings. The Morgan fingerprint density at radius 1 is 1.35 bits per heavy atom. The lowest BCUT2D eigenvalue weighted by atomic mass is 10.0. The number of ether oxygens (including phenoxy) is 1. The third kappa shape index (κ3) is 2.17. The van der Waals surface area contributed by atoms with E-state index in [0.29, 0.717) is 5.82 Å². The van der Waals surface area contributed by atoms with Crippen molar-refractivity contribution < 1.29 is 9.84 Å². The normalized spacial score (nSPS) is 10.6. The second-order valence-corrected chi connectivity index (χ2v) is 4.06. The van der Waals surface area contributed by atoms with Gasteiger partial charge < -0.3 is 14.8 Å². The highest BCUT2D eigenvalue weighted by Crippen LogP contribution is 2.33. The fourth-order valence-corrected chi connectivity index (χ4v) is 2.00. The van der Waals surface area contributed by atoms with E-state index < -0.39 is 0 Å². The quantitative estimate of drug-likeness (QED) is 0.852. The largest absolute Gasteiger partial charge is 0.496 e. The van der Waals surface area contributed by atoms with Crippen molar-refractivity contribution in [3.63, 3.8) is 0 Å². The molecule has 0 aliphatic carbocycles. The molecule has 0 saturated heterocycles. The molecule has 0 fully saturated rings. The number of imidazole rings is 1. The third-order valence-electron chi connectivity index (χ3n) is 2.71. The zero-order chi connectivity index (χ0) is 12.4. The molecule has 0 spiro atoms. The monoisotopic (exact) mass is 232 g/mol. The van der Waals surface area contributed by atoms with Gasteiger partial charge in [-0.2, -0.15) is 0 Å². The van der Waals surface area contributed by atoms with Crippen LogP contribution in [0.3, 0.4) is 0 Å². The van der Waals surface area contributed by atoms with Gasteiger partial charge in [-0.05, 0) is 31.0 Å². The van der Waals surface area contributed by atoms with E-state index >= 15 is 0 Å². The zero-order valence-corrected chi connectivity index (χ0v) is 10.2. The summed E-state index contributed by atoms with van der Waals surface area (Å²) >= 11 is 0. The Morgan fingerprint density at radius 3 is 2.71 bits per heavy atom. The molecule has 1 aromatic heterocycles. The number of aryl methyl sites for hydroxylation is 2. The summed E-state index contributed by atoms with van der Waals surface area (Å²) in [5.41, 5.74) is 4.13. The number of nitrogens with one attached hydrogen (secondary N) is 1. The molecule has 0 atom stereocenters. The van der Waals surface area contributed by atoms with E-state index in [4.69, 9.17) is 9.84 Å². The molecule has 17 heavy (non-hydrogen) atoms. The highest BCUT2D eigenvalue weighted by molar-refractivity contribution is 5.71. The number of benzene rings is 1. The van der Waals surface area contributed by atoms with E-state index in [1.807, 2.05) is 19.9 Å². The summed E-state index contributed by atoms with van der Waals surface area (Å²) < 4.78 is 5.39. The molecule has 0 aliphatic heterocycles. The van der Waals surface area contributed by atoms with Gasteiger partial charge in [-0.1, -0.05) is 6.07 Å². The predicted octanol–water partition coefficient (Wildman–Crippen LogP) is 2.19. The number of methoxy groups -OCH3 is 1. The van der Waals surface area contributed by atoms with E-state index in [1.54, 1.807) is 13.3 Å². The van der Waals surface area contributed by atoms with Crippen LogP contribution >= 0.6 is 0 Å². The summed E-state index contributed by atoms with van der Waals surface area (Å²) in [6.07, 6.45) is 1.71. The summed E-state index contributed by atoms with van der Waals surface area (Å²) in [4.78, 5) is 7.16. The first-order valence-electron chi connectivity index (χ1n) is 5.46. The van der Waals surface area contributed by atoms with Crippen molar-refractivity contribution in [3.8, 4) is 17.0 Å². The lowest BCUT2D eigenvalue weighted by Gasteiger charge is -2.11. The first-order valence-corrected chi connectivity index (χ1v) is 5.46. The van der Waals surface area contributed by atoms with Gasteiger partial charge >= 0.3 is 0 Å². The first-order chi connectivity index (χ1) is 8.15. The Kier molecular flexibility index (Phi) is 3.15. The summed E-state index contributed by atoms with van der Waals surface area (Å²) in [5.74, 6) is 1.37. The number of hydrogen-bond acceptors (Lipinski definition) is 3.